The first-order valence-electron chi connectivity index (χ1n) is 6.24. The summed E-state index contributed by atoms with van der Waals surface area (Å²) in [6.07, 6.45) is 2.53. The molecule has 0 spiro atoms. The lowest BCUT2D eigenvalue weighted by molar-refractivity contribution is -0.127. The molecule has 0 aliphatic rings. The lowest BCUT2D eigenvalue weighted by atomic mass is 9.84. The first-order valence-corrected chi connectivity index (χ1v) is 6.24. The zero-order valence-electron chi connectivity index (χ0n) is 11.2. The SMILES string of the molecule is CC(C)(C)C(=O)[C@@H](N)Cc1c[nH]c2ccccc12. The van der Waals surface area contributed by atoms with Gasteiger partial charge in [-0.1, -0.05) is 39.0 Å². The van der Waals surface area contributed by atoms with Gasteiger partial charge in [0, 0.05) is 22.5 Å². The third kappa shape index (κ3) is 2.46. The number of nitrogens with one attached hydrogen (secondary N) is 1. The van der Waals surface area contributed by atoms with Gasteiger partial charge in [0.25, 0.3) is 0 Å². The molecule has 3 heteroatoms. The van der Waals surface area contributed by atoms with Gasteiger partial charge in [-0.05, 0) is 18.1 Å². The van der Waals surface area contributed by atoms with Crippen molar-refractivity contribution >= 4 is 16.7 Å². The Hall–Kier alpha value is -1.61. The number of carbonyl (C=O) groups excluding carboxylic acids is 1. The van der Waals surface area contributed by atoms with Crippen LogP contribution in [0.15, 0.2) is 30.5 Å². The van der Waals surface area contributed by atoms with Crippen molar-refractivity contribution in [3.05, 3.63) is 36.0 Å². The number of H-pyrrole nitrogens is 1. The number of Topliss-reactive ketones (excluding diaryl/α,β-unsaturated/α-hetero) is 1. The van der Waals surface area contributed by atoms with Crippen LogP contribution in [0.2, 0.25) is 0 Å². The van der Waals surface area contributed by atoms with Crippen LogP contribution in [-0.4, -0.2) is 16.8 Å². The third-order valence-corrected chi connectivity index (χ3v) is 3.19. The Labute approximate surface area is 107 Å². The summed E-state index contributed by atoms with van der Waals surface area (Å²) in [5, 5.41) is 1.15. The number of benzene rings is 1. The number of ketones is 1. The Balaban J connectivity index is 2.22. The summed E-state index contributed by atoms with van der Waals surface area (Å²) in [4.78, 5) is 15.3. The number of aromatic amines is 1. The maximum absolute atomic E-state index is 12.1. The molecule has 0 unspecified atom stereocenters. The van der Waals surface area contributed by atoms with Crippen molar-refractivity contribution < 1.29 is 4.79 Å². The van der Waals surface area contributed by atoms with Crippen LogP contribution < -0.4 is 5.73 Å². The molecule has 96 valence electrons. The number of nitrogens with two attached hydrogens (primary N) is 1. The van der Waals surface area contributed by atoms with E-state index < -0.39 is 6.04 Å². The lowest BCUT2D eigenvalue weighted by Gasteiger charge is -2.21. The molecule has 0 radical (unpaired) electrons. The molecular weight excluding hydrogens is 224 g/mol. The van der Waals surface area contributed by atoms with E-state index in [0.29, 0.717) is 6.42 Å². The number of fused-ring (bicyclic) bond motifs is 1. The van der Waals surface area contributed by atoms with Crippen LogP contribution >= 0.6 is 0 Å². The van der Waals surface area contributed by atoms with E-state index in [1.165, 1.54) is 0 Å². The minimum absolute atomic E-state index is 0.104. The van der Waals surface area contributed by atoms with Crippen LogP contribution in [0.25, 0.3) is 10.9 Å². The molecule has 1 atom stereocenters. The van der Waals surface area contributed by atoms with Gasteiger partial charge in [0.15, 0.2) is 5.78 Å². The molecular formula is C15H20N2O. The molecule has 2 aromatic rings. The quantitative estimate of drug-likeness (QED) is 0.872. The molecule has 3 nitrogen and oxygen atoms in total. The Bertz CT molecular complexity index is 563. The van der Waals surface area contributed by atoms with Gasteiger partial charge in [-0.15, -0.1) is 0 Å². The van der Waals surface area contributed by atoms with Gasteiger partial charge in [0.2, 0.25) is 0 Å². The van der Waals surface area contributed by atoms with Crippen molar-refractivity contribution in [1.29, 1.82) is 0 Å². The molecule has 0 fully saturated rings. The summed E-state index contributed by atoms with van der Waals surface area (Å²) in [7, 11) is 0. The third-order valence-electron chi connectivity index (χ3n) is 3.19. The van der Waals surface area contributed by atoms with Crippen molar-refractivity contribution in [1.82, 2.24) is 4.98 Å². The van der Waals surface area contributed by atoms with E-state index in [1.54, 1.807) is 0 Å². The molecule has 3 N–H and O–H groups in total. The van der Waals surface area contributed by atoms with Crippen LogP contribution in [0.4, 0.5) is 0 Å². The smallest absolute Gasteiger partial charge is 0.155 e. The average Bonchev–Trinajstić information content (AvgIpc) is 2.70. The zero-order chi connectivity index (χ0) is 13.3. The standard InChI is InChI=1S/C15H20N2O/c1-15(2,3)14(18)12(16)8-10-9-17-13-7-5-4-6-11(10)13/h4-7,9,12,17H,8,16H2,1-3H3/t12-/m0/s1. The fraction of sp³-hybridized carbons (Fsp3) is 0.400. The second kappa shape index (κ2) is 4.58. The summed E-state index contributed by atoms with van der Waals surface area (Å²) in [5.41, 5.74) is 7.83. The van der Waals surface area contributed by atoms with Gasteiger partial charge < -0.3 is 10.7 Å². The fourth-order valence-corrected chi connectivity index (χ4v) is 2.19. The molecule has 0 aliphatic heterocycles. The summed E-state index contributed by atoms with van der Waals surface area (Å²) < 4.78 is 0. The van der Waals surface area contributed by atoms with E-state index >= 15 is 0 Å². The fourth-order valence-electron chi connectivity index (χ4n) is 2.19. The summed E-state index contributed by atoms with van der Waals surface area (Å²) >= 11 is 0. The van der Waals surface area contributed by atoms with Crippen LogP contribution in [-0.2, 0) is 11.2 Å². The number of aromatic nitrogens is 1. The van der Waals surface area contributed by atoms with Crippen molar-refractivity contribution in [3.63, 3.8) is 0 Å². The highest BCUT2D eigenvalue weighted by Gasteiger charge is 2.27. The molecule has 1 aromatic heterocycles. The lowest BCUT2D eigenvalue weighted by Crippen LogP contribution is -2.40. The molecule has 0 amide bonds. The van der Waals surface area contributed by atoms with E-state index in [9.17, 15) is 4.79 Å². The summed E-state index contributed by atoms with van der Waals surface area (Å²) in [6, 6.07) is 7.62. The minimum Gasteiger partial charge on any atom is -0.361 e. The highest BCUT2D eigenvalue weighted by Crippen LogP contribution is 2.22. The molecule has 0 saturated carbocycles. The van der Waals surface area contributed by atoms with E-state index in [0.717, 1.165) is 16.5 Å². The average molecular weight is 244 g/mol. The van der Waals surface area contributed by atoms with E-state index in [1.807, 2.05) is 45.2 Å². The first kappa shape index (κ1) is 12.8. The number of rotatable bonds is 3. The van der Waals surface area contributed by atoms with Crippen LogP contribution in [0.3, 0.4) is 0 Å². The normalized spacial score (nSPS) is 13.8. The van der Waals surface area contributed by atoms with Crippen LogP contribution in [0.5, 0.6) is 0 Å². The largest absolute Gasteiger partial charge is 0.361 e. The topological polar surface area (TPSA) is 58.9 Å². The predicted octanol–water partition coefficient (Wildman–Crippen LogP) is 2.65. The number of para-hydroxylation sites is 1. The van der Waals surface area contributed by atoms with Gasteiger partial charge in [0.1, 0.15) is 0 Å². The van der Waals surface area contributed by atoms with Crippen molar-refractivity contribution in [2.75, 3.05) is 0 Å². The second-order valence-electron chi connectivity index (χ2n) is 5.78. The van der Waals surface area contributed by atoms with Gasteiger partial charge >= 0.3 is 0 Å². The number of hydrogen-bond acceptors (Lipinski definition) is 2. The molecule has 0 bridgehead atoms. The van der Waals surface area contributed by atoms with Gasteiger partial charge in [-0.3, -0.25) is 4.79 Å². The molecule has 1 aromatic carbocycles. The van der Waals surface area contributed by atoms with Crippen molar-refractivity contribution in [3.8, 4) is 0 Å². The van der Waals surface area contributed by atoms with Crippen LogP contribution in [0, 0.1) is 5.41 Å². The maximum atomic E-state index is 12.1. The first-order chi connectivity index (χ1) is 8.39. The number of hydrogen-bond donors (Lipinski definition) is 2. The minimum atomic E-state index is -0.441. The second-order valence-corrected chi connectivity index (χ2v) is 5.78. The van der Waals surface area contributed by atoms with E-state index in [-0.39, 0.29) is 11.2 Å². The van der Waals surface area contributed by atoms with Crippen LogP contribution in [0.1, 0.15) is 26.3 Å². The monoisotopic (exact) mass is 244 g/mol. The Morgan fingerprint density at radius 1 is 1.33 bits per heavy atom. The summed E-state index contributed by atoms with van der Waals surface area (Å²) in [5.74, 6) is 0.104. The Kier molecular flexibility index (Phi) is 3.26. The molecule has 1 heterocycles. The van der Waals surface area contributed by atoms with Crippen molar-refractivity contribution in [2.24, 2.45) is 11.1 Å². The highest BCUT2D eigenvalue weighted by atomic mass is 16.1. The maximum Gasteiger partial charge on any atom is 0.155 e. The highest BCUT2D eigenvalue weighted by molar-refractivity contribution is 5.90. The summed E-state index contributed by atoms with van der Waals surface area (Å²) in [6.45, 7) is 5.72. The molecule has 2 rings (SSSR count). The van der Waals surface area contributed by atoms with Gasteiger partial charge in [-0.2, -0.15) is 0 Å². The molecule has 18 heavy (non-hydrogen) atoms. The van der Waals surface area contributed by atoms with E-state index in [4.69, 9.17) is 5.73 Å². The predicted molar refractivity (Wildman–Crippen MR) is 74.4 cm³/mol. The molecule has 0 saturated heterocycles. The number of carbonyl (C=O) groups is 1. The van der Waals surface area contributed by atoms with Gasteiger partial charge in [0.05, 0.1) is 6.04 Å². The zero-order valence-corrected chi connectivity index (χ0v) is 11.2. The Morgan fingerprint density at radius 3 is 2.67 bits per heavy atom. The molecule has 0 aliphatic carbocycles. The Morgan fingerprint density at radius 2 is 2.00 bits per heavy atom. The van der Waals surface area contributed by atoms with E-state index in [2.05, 4.69) is 11.1 Å². The van der Waals surface area contributed by atoms with Gasteiger partial charge in [-0.25, -0.2) is 0 Å². The van der Waals surface area contributed by atoms with Crippen molar-refractivity contribution in [2.45, 2.75) is 33.2 Å².